The molecule has 0 unspecified atom stereocenters. The van der Waals surface area contributed by atoms with Crippen molar-refractivity contribution in [1.82, 2.24) is 0 Å². The van der Waals surface area contributed by atoms with Gasteiger partial charge in [-0.2, -0.15) is 6.07 Å². The molecule has 4 aromatic rings. The van der Waals surface area contributed by atoms with Gasteiger partial charge in [-0.3, -0.25) is 0 Å². The van der Waals surface area contributed by atoms with E-state index in [1.165, 1.54) is 38.2 Å². The van der Waals surface area contributed by atoms with E-state index in [1.54, 1.807) is 0 Å². The Morgan fingerprint density at radius 2 is 1.30 bits per heavy atom. The summed E-state index contributed by atoms with van der Waals surface area (Å²) in [6.45, 7) is 5.81. The van der Waals surface area contributed by atoms with E-state index >= 15 is 0 Å². The minimum Gasteiger partial charge on any atom is -1.00 e. The predicted molar refractivity (Wildman–Crippen MR) is 107 cm³/mol. The Hall–Kier alpha value is -0.830. The van der Waals surface area contributed by atoms with Gasteiger partial charge in [0.2, 0.25) is 0 Å². The smallest absolute Gasteiger partial charge is 1.00 e. The quantitative estimate of drug-likeness (QED) is 0.291. The molecular formula is C22H22Cl2OSiZr. The largest absolute Gasteiger partial charge is 3.00 e. The Labute approximate surface area is 194 Å². The van der Waals surface area contributed by atoms with Gasteiger partial charge in [-0.15, -0.1) is 34.5 Å². The van der Waals surface area contributed by atoms with Crippen molar-refractivity contribution in [1.29, 1.82) is 0 Å². The van der Waals surface area contributed by atoms with Crippen LogP contribution in [0.15, 0.2) is 72.8 Å². The van der Waals surface area contributed by atoms with Gasteiger partial charge in [0.05, 0.1) is 0 Å². The van der Waals surface area contributed by atoms with Crippen molar-refractivity contribution < 1.29 is 55.8 Å². The molecular weight excluding hydrogens is 470 g/mol. The topological polar surface area (TPSA) is 20.2 Å². The van der Waals surface area contributed by atoms with Gasteiger partial charge < -0.3 is 29.6 Å². The summed E-state index contributed by atoms with van der Waals surface area (Å²) in [6, 6.07) is 26.2. The molecule has 0 aliphatic carbocycles. The first kappa shape index (κ1) is 26.2. The fourth-order valence-electron chi connectivity index (χ4n) is 3.08. The van der Waals surface area contributed by atoms with Crippen LogP contribution >= 0.6 is 0 Å². The molecule has 0 aliphatic rings. The van der Waals surface area contributed by atoms with Crippen molar-refractivity contribution in [2.75, 3.05) is 0 Å². The third kappa shape index (κ3) is 6.34. The molecule has 27 heavy (non-hydrogen) atoms. The minimum atomic E-state index is -0.880. The Morgan fingerprint density at radius 1 is 0.778 bits per heavy atom. The molecule has 1 N–H and O–H groups in total. The molecule has 0 saturated heterocycles. The maximum Gasteiger partial charge on any atom is 3.00 e. The Morgan fingerprint density at radius 3 is 1.96 bits per heavy atom. The van der Waals surface area contributed by atoms with Crippen molar-refractivity contribution in [2.45, 2.75) is 20.0 Å². The monoisotopic (exact) mass is 490 g/mol. The van der Waals surface area contributed by atoms with Crippen molar-refractivity contribution in [2.24, 2.45) is 0 Å². The summed E-state index contributed by atoms with van der Waals surface area (Å²) < 4.78 is 0. The summed E-state index contributed by atoms with van der Waals surface area (Å²) in [5, 5.41) is 5.29. The molecule has 4 rings (SSSR count). The van der Waals surface area contributed by atoms with E-state index in [-0.39, 0.29) is 51.0 Å². The average molecular weight is 493 g/mol. The molecule has 2 radical (unpaired) electrons. The first-order valence-electron chi connectivity index (χ1n) is 8.19. The minimum absolute atomic E-state index is 0. The maximum absolute atomic E-state index is 8.16. The summed E-state index contributed by atoms with van der Waals surface area (Å²) in [5.41, 5.74) is 3.97. The van der Waals surface area contributed by atoms with E-state index in [1.807, 2.05) is 13.1 Å². The molecule has 0 aromatic heterocycles. The van der Waals surface area contributed by atoms with E-state index in [0.29, 0.717) is 0 Å². The van der Waals surface area contributed by atoms with Crippen LogP contribution in [0.3, 0.4) is 0 Å². The van der Waals surface area contributed by atoms with Gasteiger partial charge in [0.15, 0.2) is 9.04 Å². The second-order valence-electron chi connectivity index (χ2n) is 6.32. The number of halogens is 2. The average Bonchev–Trinajstić information content (AvgIpc) is 2.94. The standard InChI is InChI=1S/C20H15.C2H7OSi.2ClH.Zr/c1-14-12-16-8-5-11-19(20(16)13-14)18-10-4-7-15-6-2-3-9-17(15)18;1-4(2)3;;;/h2-13H,1H3;3H,1-2H3;2*1H;/q-1;;;;+3/p-2. The van der Waals surface area contributed by atoms with E-state index < -0.39 is 9.04 Å². The molecule has 0 aliphatic heterocycles. The predicted octanol–water partition coefficient (Wildman–Crippen LogP) is -0.0774. The van der Waals surface area contributed by atoms with Gasteiger partial charge in [0, 0.05) is 0 Å². The van der Waals surface area contributed by atoms with E-state index in [0.717, 1.165) is 0 Å². The van der Waals surface area contributed by atoms with Crippen molar-refractivity contribution in [3.8, 4) is 11.1 Å². The first-order valence-corrected chi connectivity index (χ1v) is 10.6. The third-order valence-corrected chi connectivity index (χ3v) is 3.97. The molecule has 1 nitrogen and oxygen atoms in total. The number of fused-ring (bicyclic) bond motifs is 2. The van der Waals surface area contributed by atoms with Crippen LogP contribution in [-0.4, -0.2) is 13.8 Å². The van der Waals surface area contributed by atoms with Gasteiger partial charge >= 0.3 is 26.2 Å². The molecule has 138 valence electrons. The number of hydrogen-bond acceptors (Lipinski definition) is 1. The normalized spacial score (nSPS) is 9.67. The second-order valence-corrected chi connectivity index (χ2v) is 8.21. The van der Waals surface area contributed by atoms with Crippen LogP contribution in [0.1, 0.15) is 5.56 Å². The van der Waals surface area contributed by atoms with Crippen LogP contribution < -0.4 is 24.8 Å². The summed E-state index contributed by atoms with van der Waals surface area (Å²) >= 11 is 0. The van der Waals surface area contributed by atoms with Crippen LogP contribution in [0.25, 0.3) is 32.7 Å². The van der Waals surface area contributed by atoms with Crippen LogP contribution in [0.5, 0.6) is 0 Å². The molecule has 0 atom stereocenters. The van der Waals surface area contributed by atoms with Gasteiger partial charge in [-0.1, -0.05) is 61.0 Å². The molecule has 0 bridgehead atoms. The fourth-order valence-corrected chi connectivity index (χ4v) is 3.08. The number of benzene rings is 3. The number of aryl methyl sites for hydroxylation is 1. The second kappa shape index (κ2) is 11.9. The van der Waals surface area contributed by atoms with E-state index in [9.17, 15) is 0 Å². The van der Waals surface area contributed by atoms with Crippen LogP contribution in [0, 0.1) is 6.92 Å². The van der Waals surface area contributed by atoms with E-state index in [4.69, 9.17) is 4.80 Å². The Kier molecular flexibility index (Phi) is 11.5. The molecule has 5 heteroatoms. The number of hydrogen-bond donors (Lipinski definition) is 1. The molecule has 0 saturated carbocycles. The number of rotatable bonds is 1. The Bertz CT molecular complexity index is 974. The molecule has 0 amide bonds. The zero-order valence-corrected chi connectivity index (χ0v) is 20.6. The summed E-state index contributed by atoms with van der Waals surface area (Å²) in [6.07, 6.45) is 0. The zero-order chi connectivity index (χ0) is 17.1. The molecule has 0 heterocycles. The SMILES string of the molecule is C[Si](C)O.Cc1cc2c(-c3cccc4ccccc34)cccc2[cH-]1.[Cl-].[Cl-].[Zr+3]. The van der Waals surface area contributed by atoms with Gasteiger partial charge in [0.25, 0.3) is 0 Å². The van der Waals surface area contributed by atoms with Crippen LogP contribution in [0.2, 0.25) is 13.1 Å². The van der Waals surface area contributed by atoms with Gasteiger partial charge in [-0.05, 0) is 29.4 Å². The third-order valence-electron chi connectivity index (χ3n) is 3.97. The summed E-state index contributed by atoms with van der Waals surface area (Å²) in [5.74, 6) is 0. The first-order chi connectivity index (χ1) is 11.6. The Balaban J connectivity index is 0.000000888. The van der Waals surface area contributed by atoms with Crippen LogP contribution in [0.4, 0.5) is 0 Å². The molecule has 0 spiro atoms. The van der Waals surface area contributed by atoms with Crippen molar-refractivity contribution in [3.05, 3.63) is 78.4 Å². The van der Waals surface area contributed by atoms with Crippen molar-refractivity contribution in [3.63, 3.8) is 0 Å². The zero-order valence-electron chi connectivity index (χ0n) is 15.6. The summed E-state index contributed by atoms with van der Waals surface area (Å²) in [4.78, 5) is 8.16. The molecule has 0 fully saturated rings. The van der Waals surface area contributed by atoms with E-state index in [2.05, 4.69) is 79.7 Å². The fraction of sp³-hybridized carbons (Fsp3) is 0.136. The van der Waals surface area contributed by atoms with Gasteiger partial charge in [-0.25, -0.2) is 0 Å². The van der Waals surface area contributed by atoms with Crippen LogP contribution in [-0.2, 0) is 26.2 Å². The van der Waals surface area contributed by atoms with Crippen molar-refractivity contribution >= 4 is 30.6 Å². The summed E-state index contributed by atoms with van der Waals surface area (Å²) in [7, 11) is -0.880. The van der Waals surface area contributed by atoms with Gasteiger partial charge in [0.1, 0.15) is 0 Å². The maximum atomic E-state index is 8.16. The molecule has 4 aromatic carbocycles.